The second-order valence-corrected chi connectivity index (χ2v) is 5.17. The van der Waals surface area contributed by atoms with Crippen LogP contribution in [-0.4, -0.2) is 28.1 Å². The first-order chi connectivity index (χ1) is 8.76. The molecule has 0 atom stereocenters. The third-order valence-electron chi connectivity index (χ3n) is 2.59. The molecule has 0 spiro atoms. The molecule has 0 saturated carbocycles. The largest absolute Gasteiger partial charge is 0.396 e. The van der Waals surface area contributed by atoms with Gasteiger partial charge in [0.1, 0.15) is 5.56 Å². The number of carbonyl (C=O) groups excluding carboxylic acids is 1. The van der Waals surface area contributed by atoms with Crippen LogP contribution in [0.5, 0.6) is 0 Å². The Bertz CT molecular complexity index is 503. The van der Waals surface area contributed by atoms with Crippen molar-refractivity contribution in [2.24, 2.45) is 0 Å². The summed E-state index contributed by atoms with van der Waals surface area (Å²) in [5.74, 6) is -0.568. The first-order valence-electron chi connectivity index (χ1n) is 5.64. The smallest absolute Gasteiger partial charge is 0.283 e. The topological polar surface area (TPSA) is 92.5 Å². The van der Waals surface area contributed by atoms with E-state index < -0.39 is 16.4 Å². The number of carbonyl (C=O) groups is 1. The lowest BCUT2D eigenvalue weighted by Crippen LogP contribution is -2.44. The van der Waals surface area contributed by atoms with E-state index in [-0.39, 0.29) is 22.9 Å². The van der Waals surface area contributed by atoms with E-state index in [1.165, 1.54) is 12.1 Å². The monoisotopic (exact) mass is 286 g/mol. The van der Waals surface area contributed by atoms with Crippen LogP contribution in [0, 0.1) is 10.1 Å². The van der Waals surface area contributed by atoms with Crippen LogP contribution in [0.4, 0.5) is 5.69 Å². The molecule has 0 fully saturated rings. The maximum atomic E-state index is 12.0. The molecule has 0 saturated heterocycles. The summed E-state index contributed by atoms with van der Waals surface area (Å²) in [6.07, 6.45) is 0.347. The molecule has 1 rings (SSSR count). The Balaban J connectivity index is 3.03. The van der Waals surface area contributed by atoms with Crippen molar-refractivity contribution in [1.29, 1.82) is 0 Å². The van der Waals surface area contributed by atoms with E-state index in [0.717, 1.165) is 6.07 Å². The van der Waals surface area contributed by atoms with Gasteiger partial charge < -0.3 is 10.4 Å². The van der Waals surface area contributed by atoms with Gasteiger partial charge in [0.15, 0.2) is 0 Å². The van der Waals surface area contributed by atoms with Gasteiger partial charge in [-0.3, -0.25) is 14.9 Å². The van der Waals surface area contributed by atoms with Crippen LogP contribution in [0.25, 0.3) is 0 Å². The molecule has 104 valence electrons. The fourth-order valence-electron chi connectivity index (χ4n) is 1.56. The minimum absolute atomic E-state index is 0.0552. The van der Waals surface area contributed by atoms with Gasteiger partial charge in [-0.05, 0) is 32.4 Å². The number of benzene rings is 1. The maximum absolute atomic E-state index is 12.0. The summed E-state index contributed by atoms with van der Waals surface area (Å²) >= 11 is 5.68. The summed E-state index contributed by atoms with van der Waals surface area (Å²) in [6, 6.07) is 3.86. The number of nitrogens with zero attached hydrogens (tertiary/aromatic N) is 1. The van der Waals surface area contributed by atoms with Gasteiger partial charge in [0, 0.05) is 23.2 Å². The number of aliphatic hydroxyl groups excluding tert-OH is 1. The van der Waals surface area contributed by atoms with E-state index >= 15 is 0 Å². The van der Waals surface area contributed by atoms with Gasteiger partial charge in [0.05, 0.1) is 4.92 Å². The first-order valence-corrected chi connectivity index (χ1v) is 6.02. The molecule has 7 heteroatoms. The standard InChI is InChI=1S/C12H15ClN2O4/c1-12(2,5-6-16)14-11(17)9-4-3-8(13)7-10(9)15(18)19/h3-4,7,16H,5-6H2,1-2H3,(H,14,17). The predicted molar refractivity (Wildman–Crippen MR) is 71.4 cm³/mol. The minimum Gasteiger partial charge on any atom is -0.396 e. The SMILES string of the molecule is CC(C)(CCO)NC(=O)c1ccc(Cl)cc1[N+](=O)[O-]. The van der Waals surface area contributed by atoms with Gasteiger partial charge in [-0.2, -0.15) is 0 Å². The maximum Gasteiger partial charge on any atom is 0.283 e. The fourth-order valence-corrected chi connectivity index (χ4v) is 1.73. The van der Waals surface area contributed by atoms with Gasteiger partial charge in [-0.25, -0.2) is 0 Å². The summed E-state index contributed by atoms with van der Waals surface area (Å²) in [7, 11) is 0. The zero-order chi connectivity index (χ0) is 14.6. The van der Waals surface area contributed by atoms with Gasteiger partial charge in [-0.1, -0.05) is 11.6 Å². The molecule has 6 nitrogen and oxygen atoms in total. The molecule has 0 aliphatic carbocycles. The van der Waals surface area contributed by atoms with E-state index in [4.69, 9.17) is 16.7 Å². The van der Waals surface area contributed by atoms with E-state index in [2.05, 4.69) is 5.32 Å². The van der Waals surface area contributed by atoms with Crippen LogP contribution in [0.3, 0.4) is 0 Å². The Morgan fingerprint density at radius 1 is 1.53 bits per heavy atom. The molecule has 1 amide bonds. The number of rotatable bonds is 5. The molecule has 0 aromatic heterocycles. The molecule has 0 heterocycles. The van der Waals surface area contributed by atoms with Crippen molar-refractivity contribution in [1.82, 2.24) is 5.32 Å². The number of amides is 1. The summed E-state index contributed by atoms with van der Waals surface area (Å²) in [5.41, 5.74) is -1.05. The predicted octanol–water partition coefficient (Wildman–Crippen LogP) is 2.14. The van der Waals surface area contributed by atoms with E-state index in [1.807, 2.05) is 0 Å². The Morgan fingerprint density at radius 2 is 2.16 bits per heavy atom. The van der Waals surface area contributed by atoms with E-state index in [1.54, 1.807) is 13.8 Å². The lowest BCUT2D eigenvalue weighted by atomic mass is 10.0. The van der Waals surface area contributed by atoms with Gasteiger partial charge in [0.25, 0.3) is 11.6 Å². The average molecular weight is 287 g/mol. The highest BCUT2D eigenvalue weighted by Crippen LogP contribution is 2.24. The first kappa shape index (κ1) is 15.4. The Kier molecular flexibility index (Phi) is 4.85. The zero-order valence-electron chi connectivity index (χ0n) is 10.6. The number of hydrogen-bond acceptors (Lipinski definition) is 4. The van der Waals surface area contributed by atoms with E-state index in [0.29, 0.717) is 6.42 Å². The Morgan fingerprint density at radius 3 is 2.68 bits per heavy atom. The number of aliphatic hydroxyl groups is 1. The molecule has 2 N–H and O–H groups in total. The average Bonchev–Trinajstić information content (AvgIpc) is 2.27. The van der Waals surface area contributed by atoms with Crippen molar-refractivity contribution in [2.45, 2.75) is 25.8 Å². The van der Waals surface area contributed by atoms with Crippen molar-refractivity contribution in [3.63, 3.8) is 0 Å². The molecule has 0 aliphatic heterocycles. The Labute approximate surface area is 115 Å². The van der Waals surface area contributed by atoms with Crippen molar-refractivity contribution in [3.05, 3.63) is 38.9 Å². The highest BCUT2D eigenvalue weighted by molar-refractivity contribution is 6.31. The van der Waals surface area contributed by atoms with Crippen LogP contribution >= 0.6 is 11.6 Å². The number of hydrogen-bond donors (Lipinski definition) is 2. The second kappa shape index (κ2) is 5.99. The minimum atomic E-state index is -0.653. The number of nitrogens with one attached hydrogen (secondary N) is 1. The molecular formula is C12H15ClN2O4. The normalized spacial score (nSPS) is 11.2. The van der Waals surface area contributed by atoms with Crippen molar-refractivity contribution < 1.29 is 14.8 Å². The highest BCUT2D eigenvalue weighted by atomic mass is 35.5. The van der Waals surface area contributed by atoms with Gasteiger partial charge in [-0.15, -0.1) is 0 Å². The summed E-state index contributed by atoms with van der Waals surface area (Å²) < 4.78 is 0. The molecule has 1 aromatic rings. The summed E-state index contributed by atoms with van der Waals surface area (Å²) in [5, 5.41) is 22.6. The second-order valence-electron chi connectivity index (χ2n) is 4.73. The van der Waals surface area contributed by atoms with E-state index in [9.17, 15) is 14.9 Å². The molecule has 0 bridgehead atoms. The number of halogens is 1. The molecule has 19 heavy (non-hydrogen) atoms. The molecule has 0 radical (unpaired) electrons. The van der Waals surface area contributed by atoms with Crippen molar-refractivity contribution >= 4 is 23.2 Å². The number of nitro benzene ring substituents is 1. The molecule has 0 aliphatic rings. The highest BCUT2D eigenvalue weighted by Gasteiger charge is 2.25. The zero-order valence-corrected chi connectivity index (χ0v) is 11.4. The van der Waals surface area contributed by atoms with Crippen LogP contribution in [0.1, 0.15) is 30.6 Å². The van der Waals surface area contributed by atoms with Crippen LogP contribution in [0.15, 0.2) is 18.2 Å². The lowest BCUT2D eigenvalue weighted by Gasteiger charge is -2.25. The third-order valence-corrected chi connectivity index (χ3v) is 2.82. The van der Waals surface area contributed by atoms with Crippen LogP contribution < -0.4 is 5.32 Å². The summed E-state index contributed by atoms with van der Waals surface area (Å²) in [4.78, 5) is 22.3. The van der Waals surface area contributed by atoms with Crippen LogP contribution in [0.2, 0.25) is 5.02 Å². The summed E-state index contributed by atoms with van der Waals surface area (Å²) in [6.45, 7) is 3.36. The van der Waals surface area contributed by atoms with Crippen molar-refractivity contribution in [3.8, 4) is 0 Å². The molecule has 1 aromatic carbocycles. The molecule has 0 unspecified atom stereocenters. The van der Waals surface area contributed by atoms with Crippen molar-refractivity contribution in [2.75, 3.05) is 6.61 Å². The fraction of sp³-hybridized carbons (Fsp3) is 0.417. The lowest BCUT2D eigenvalue weighted by molar-refractivity contribution is -0.385. The van der Waals surface area contributed by atoms with Gasteiger partial charge >= 0.3 is 0 Å². The molecular weight excluding hydrogens is 272 g/mol. The quantitative estimate of drug-likeness (QED) is 0.640. The third kappa shape index (κ3) is 4.18. The Hall–Kier alpha value is -1.66. The van der Waals surface area contributed by atoms with Crippen LogP contribution in [-0.2, 0) is 0 Å². The number of nitro groups is 1. The van der Waals surface area contributed by atoms with Gasteiger partial charge in [0.2, 0.25) is 0 Å².